The van der Waals surface area contributed by atoms with Crippen molar-refractivity contribution in [3.63, 3.8) is 0 Å². The van der Waals surface area contributed by atoms with Crippen LogP contribution in [-0.4, -0.2) is 52.1 Å². The van der Waals surface area contributed by atoms with Gasteiger partial charge in [-0.25, -0.2) is 14.2 Å². The van der Waals surface area contributed by atoms with Crippen molar-refractivity contribution in [3.8, 4) is 5.75 Å². The molecule has 1 fully saturated rings. The number of hydrogen-bond acceptors (Lipinski definition) is 6. The molecule has 2 aromatic rings. The van der Waals surface area contributed by atoms with Gasteiger partial charge in [0.15, 0.2) is 11.6 Å². The minimum atomic E-state index is -0.875. The molecule has 0 radical (unpaired) electrons. The topological polar surface area (TPSA) is 90.7 Å². The highest BCUT2D eigenvalue weighted by Crippen LogP contribution is 2.26. The Morgan fingerprint density at radius 1 is 1.28 bits per heavy atom. The summed E-state index contributed by atoms with van der Waals surface area (Å²) in [5, 5.41) is 0. The lowest BCUT2D eigenvalue weighted by Gasteiger charge is -2.22. The molecule has 0 spiro atoms. The number of methoxy groups -OCH3 is 1. The predicted octanol–water partition coefficient (Wildman–Crippen LogP) is 1.22. The Bertz CT molecular complexity index is 990. The van der Waals surface area contributed by atoms with E-state index in [1.165, 1.54) is 35.0 Å². The van der Waals surface area contributed by atoms with Crippen LogP contribution in [0.3, 0.4) is 0 Å². The number of carbonyl (C=O) groups is 2. The molecule has 0 bridgehead atoms. The molecule has 2 heterocycles. The van der Waals surface area contributed by atoms with Crippen LogP contribution < -0.4 is 10.3 Å². The molecule has 0 aliphatic carbocycles. The van der Waals surface area contributed by atoms with E-state index in [0.29, 0.717) is 11.3 Å². The van der Waals surface area contributed by atoms with Gasteiger partial charge in [-0.3, -0.25) is 14.2 Å². The van der Waals surface area contributed by atoms with Crippen LogP contribution in [0.25, 0.3) is 0 Å². The van der Waals surface area contributed by atoms with Crippen LogP contribution in [0.2, 0.25) is 0 Å². The Balaban J connectivity index is 1.79. The summed E-state index contributed by atoms with van der Waals surface area (Å²) in [6.45, 7) is 3.14. The maximum absolute atomic E-state index is 13.9. The summed E-state index contributed by atoms with van der Waals surface area (Å²) in [5.41, 5.74) is 0.719. The Hall–Kier alpha value is -3.23. The zero-order valence-corrected chi connectivity index (χ0v) is 16.4. The highest BCUT2D eigenvalue weighted by molar-refractivity contribution is 5.85. The molecule has 1 aromatic heterocycles. The Morgan fingerprint density at radius 3 is 2.69 bits per heavy atom. The lowest BCUT2D eigenvalue weighted by atomic mass is 10.2. The molecule has 1 amide bonds. The van der Waals surface area contributed by atoms with Gasteiger partial charge in [-0.15, -0.1) is 0 Å². The van der Waals surface area contributed by atoms with E-state index in [4.69, 9.17) is 9.47 Å². The summed E-state index contributed by atoms with van der Waals surface area (Å²) in [6.07, 6.45) is 0.876. The fraction of sp³-hybridized carbons (Fsp3) is 0.400. The number of benzene rings is 1. The number of ether oxygens (including phenoxy) is 2. The number of halogens is 1. The number of nitrogens with zero attached hydrogens (tertiary/aromatic N) is 3. The average molecular weight is 403 g/mol. The summed E-state index contributed by atoms with van der Waals surface area (Å²) >= 11 is 0. The second-order valence-corrected chi connectivity index (χ2v) is 6.88. The van der Waals surface area contributed by atoms with Crippen LogP contribution >= 0.6 is 0 Å². The van der Waals surface area contributed by atoms with Crippen molar-refractivity contribution in [1.82, 2.24) is 14.5 Å². The highest BCUT2D eigenvalue weighted by Gasteiger charge is 2.41. The van der Waals surface area contributed by atoms with E-state index in [1.54, 1.807) is 26.0 Å². The molecule has 1 aliphatic rings. The average Bonchev–Trinajstić information content (AvgIpc) is 3.13. The Labute approximate surface area is 166 Å². The number of hydrogen-bond donors (Lipinski definition) is 0. The molecule has 3 rings (SSSR count). The largest absolute Gasteiger partial charge is 0.485 e. The zero-order valence-electron chi connectivity index (χ0n) is 16.4. The highest BCUT2D eigenvalue weighted by atomic mass is 19.1. The van der Waals surface area contributed by atoms with Crippen molar-refractivity contribution < 1.29 is 23.5 Å². The molecule has 1 aromatic carbocycles. The first-order chi connectivity index (χ1) is 13.8. The van der Waals surface area contributed by atoms with E-state index in [0.717, 1.165) is 0 Å². The third kappa shape index (κ3) is 4.28. The summed E-state index contributed by atoms with van der Waals surface area (Å²) in [4.78, 5) is 42.8. The maximum atomic E-state index is 13.9. The van der Waals surface area contributed by atoms with E-state index >= 15 is 0 Å². The van der Waals surface area contributed by atoms with Crippen molar-refractivity contribution in [2.24, 2.45) is 0 Å². The molecule has 29 heavy (non-hydrogen) atoms. The summed E-state index contributed by atoms with van der Waals surface area (Å²) < 4.78 is 25.5. The smallest absolute Gasteiger partial charge is 0.328 e. The van der Waals surface area contributed by atoms with Gasteiger partial charge in [0.05, 0.1) is 20.0 Å². The number of aromatic nitrogens is 2. The number of esters is 1. The fourth-order valence-corrected chi connectivity index (χ4v) is 3.26. The van der Waals surface area contributed by atoms with E-state index < -0.39 is 29.8 Å². The first-order valence-corrected chi connectivity index (χ1v) is 9.13. The maximum Gasteiger partial charge on any atom is 0.328 e. The Morgan fingerprint density at radius 2 is 2.00 bits per heavy atom. The molecule has 1 saturated heterocycles. The second kappa shape index (κ2) is 8.42. The van der Waals surface area contributed by atoms with Crippen molar-refractivity contribution in [2.75, 3.05) is 13.7 Å². The van der Waals surface area contributed by atoms with Crippen LogP contribution in [0.4, 0.5) is 4.39 Å². The van der Waals surface area contributed by atoms with Gasteiger partial charge in [0.25, 0.3) is 5.56 Å². The standard InChI is InChI=1S/C20H22FN3O5/c1-12-13(2)22-11-23(19(12)26)10-18(25)24-9-14(8-16(24)20(27)28-3)29-17-7-5-4-6-15(17)21/h4-7,11,14,16H,8-10H2,1-3H3. The molecule has 1 aliphatic heterocycles. The summed E-state index contributed by atoms with van der Waals surface area (Å²) in [6, 6.07) is 5.05. The van der Waals surface area contributed by atoms with Crippen molar-refractivity contribution >= 4 is 11.9 Å². The van der Waals surface area contributed by atoms with Crippen LogP contribution in [0.5, 0.6) is 5.75 Å². The van der Waals surface area contributed by atoms with Crippen LogP contribution in [0, 0.1) is 19.7 Å². The van der Waals surface area contributed by atoms with Gasteiger partial charge in [-0.1, -0.05) is 12.1 Å². The number of likely N-dealkylation sites (tertiary alicyclic amines) is 1. The van der Waals surface area contributed by atoms with E-state index in [1.807, 2.05) is 0 Å². The predicted molar refractivity (Wildman–Crippen MR) is 101 cm³/mol. The number of rotatable bonds is 5. The molecule has 8 nitrogen and oxygen atoms in total. The van der Waals surface area contributed by atoms with Crippen molar-refractivity contribution in [1.29, 1.82) is 0 Å². The minimum Gasteiger partial charge on any atom is -0.485 e. The van der Waals surface area contributed by atoms with Gasteiger partial charge >= 0.3 is 5.97 Å². The SMILES string of the molecule is COC(=O)C1CC(Oc2ccccc2F)CN1C(=O)Cn1cnc(C)c(C)c1=O. The first-order valence-electron chi connectivity index (χ1n) is 9.13. The fourth-order valence-electron chi connectivity index (χ4n) is 3.26. The Kier molecular flexibility index (Phi) is 5.95. The van der Waals surface area contributed by atoms with Gasteiger partial charge in [0.1, 0.15) is 18.7 Å². The second-order valence-electron chi connectivity index (χ2n) is 6.88. The van der Waals surface area contributed by atoms with E-state index in [2.05, 4.69) is 4.98 Å². The minimum absolute atomic E-state index is 0.0463. The van der Waals surface area contributed by atoms with E-state index in [-0.39, 0.29) is 30.8 Å². The number of para-hydroxylation sites is 1. The molecule has 154 valence electrons. The lowest BCUT2D eigenvalue weighted by Crippen LogP contribution is -2.44. The number of aryl methyl sites for hydroxylation is 1. The van der Waals surface area contributed by atoms with E-state index in [9.17, 15) is 18.8 Å². The van der Waals surface area contributed by atoms with Gasteiger partial charge in [0.2, 0.25) is 5.91 Å². The van der Waals surface area contributed by atoms with Gasteiger partial charge in [0, 0.05) is 17.7 Å². The molecule has 2 unspecified atom stereocenters. The summed E-state index contributed by atoms with van der Waals surface area (Å²) in [7, 11) is 1.23. The normalized spacial score (nSPS) is 18.6. The molecule has 9 heteroatoms. The molecule has 2 atom stereocenters. The first kappa shape index (κ1) is 20.5. The molecular formula is C20H22FN3O5. The van der Waals surface area contributed by atoms with Crippen LogP contribution in [0.1, 0.15) is 17.7 Å². The molecule has 0 saturated carbocycles. The van der Waals surface area contributed by atoms with Crippen LogP contribution in [-0.2, 0) is 20.9 Å². The third-order valence-corrected chi connectivity index (χ3v) is 5.01. The lowest BCUT2D eigenvalue weighted by molar-refractivity contribution is -0.151. The molecule has 0 N–H and O–H groups in total. The van der Waals surface area contributed by atoms with Crippen molar-refractivity contribution in [3.05, 3.63) is 58.0 Å². The van der Waals surface area contributed by atoms with Gasteiger partial charge in [-0.2, -0.15) is 0 Å². The summed E-state index contributed by atoms with van der Waals surface area (Å²) in [5.74, 6) is -1.53. The van der Waals surface area contributed by atoms with Gasteiger partial charge < -0.3 is 14.4 Å². The van der Waals surface area contributed by atoms with Crippen molar-refractivity contribution in [2.45, 2.75) is 39.0 Å². The quantitative estimate of drug-likeness (QED) is 0.698. The van der Waals surface area contributed by atoms with Crippen LogP contribution in [0.15, 0.2) is 35.4 Å². The number of amides is 1. The van der Waals surface area contributed by atoms with Gasteiger partial charge in [-0.05, 0) is 26.0 Å². The zero-order chi connectivity index (χ0) is 21.1. The number of carbonyl (C=O) groups excluding carboxylic acids is 2. The monoisotopic (exact) mass is 403 g/mol. The third-order valence-electron chi connectivity index (χ3n) is 5.01. The molecular weight excluding hydrogens is 381 g/mol.